The largest absolute Gasteiger partial charge is 0.497 e. The lowest BCUT2D eigenvalue weighted by Crippen LogP contribution is -2.64. The first-order valence-corrected chi connectivity index (χ1v) is 9.73. The minimum atomic E-state index is 0.264. The van der Waals surface area contributed by atoms with Gasteiger partial charge in [0.25, 0.3) is 0 Å². The van der Waals surface area contributed by atoms with Gasteiger partial charge < -0.3 is 10.5 Å². The van der Waals surface area contributed by atoms with Crippen molar-refractivity contribution < 1.29 is 4.74 Å². The summed E-state index contributed by atoms with van der Waals surface area (Å²) in [5.41, 5.74) is 10.0. The number of fused-ring (bicyclic) bond motifs is 3. The second-order valence-corrected chi connectivity index (χ2v) is 9.04. The first-order valence-electron chi connectivity index (χ1n) is 9.73. The van der Waals surface area contributed by atoms with Crippen molar-refractivity contribution in [3.63, 3.8) is 0 Å². The van der Waals surface area contributed by atoms with Crippen LogP contribution in [0.4, 0.5) is 0 Å². The van der Waals surface area contributed by atoms with Gasteiger partial charge in [0, 0.05) is 30.0 Å². The molecular weight excluding hydrogens is 296 g/mol. The van der Waals surface area contributed by atoms with Crippen LogP contribution in [0.5, 0.6) is 5.75 Å². The smallest absolute Gasteiger partial charge is 0.119 e. The maximum absolute atomic E-state index is 6.12. The van der Waals surface area contributed by atoms with Gasteiger partial charge in [-0.3, -0.25) is 4.90 Å². The maximum Gasteiger partial charge on any atom is 0.119 e. The molecule has 130 valence electrons. The van der Waals surface area contributed by atoms with E-state index in [1.165, 1.54) is 38.8 Å². The number of rotatable bonds is 5. The number of nitrogens with zero attached hydrogens (tertiary/aromatic N) is 1. The van der Waals surface area contributed by atoms with Gasteiger partial charge in [-0.05, 0) is 73.7 Å². The fourth-order valence-corrected chi connectivity index (χ4v) is 6.73. The molecule has 2 bridgehead atoms. The van der Waals surface area contributed by atoms with Gasteiger partial charge in [0.15, 0.2) is 0 Å². The number of hydrogen-bond acceptors (Lipinski definition) is 3. The third-order valence-electron chi connectivity index (χ3n) is 7.73. The van der Waals surface area contributed by atoms with E-state index in [4.69, 9.17) is 10.5 Å². The Kier molecular flexibility index (Phi) is 3.16. The summed E-state index contributed by atoms with van der Waals surface area (Å²) < 4.78 is 5.55. The average Bonchev–Trinajstić information content (AvgIpc) is 3.35. The molecule has 0 radical (unpaired) electrons. The molecule has 3 aliphatic carbocycles. The Hall–Kier alpha value is -1.06. The highest BCUT2D eigenvalue weighted by atomic mass is 16.5. The van der Waals surface area contributed by atoms with Gasteiger partial charge >= 0.3 is 0 Å². The molecule has 0 amide bonds. The van der Waals surface area contributed by atoms with Gasteiger partial charge in [0.05, 0.1) is 7.11 Å². The number of hydrogen-bond donors (Lipinski definition) is 1. The van der Waals surface area contributed by atoms with Gasteiger partial charge in [0.2, 0.25) is 0 Å². The van der Waals surface area contributed by atoms with E-state index < -0.39 is 0 Å². The molecule has 5 rings (SSSR count). The molecule has 3 fully saturated rings. The molecule has 0 aromatic heterocycles. The summed E-state index contributed by atoms with van der Waals surface area (Å²) in [6, 6.07) is 7.57. The van der Waals surface area contributed by atoms with Gasteiger partial charge in [-0.1, -0.05) is 13.0 Å². The van der Waals surface area contributed by atoms with Crippen LogP contribution in [0.25, 0.3) is 0 Å². The minimum absolute atomic E-state index is 0.264. The average molecular weight is 326 g/mol. The van der Waals surface area contributed by atoms with E-state index in [-0.39, 0.29) is 5.41 Å². The molecular formula is C21H30N2O. The fourth-order valence-electron chi connectivity index (χ4n) is 6.73. The zero-order valence-corrected chi connectivity index (χ0v) is 15.1. The Bertz CT molecular complexity index is 670. The van der Waals surface area contributed by atoms with Crippen LogP contribution in [-0.4, -0.2) is 37.7 Å². The lowest BCUT2D eigenvalue weighted by atomic mass is 9.61. The summed E-state index contributed by atoms with van der Waals surface area (Å²) >= 11 is 0. The van der Waals surface area contributed by atoms with Crippen molar-refractivity contribution in [3.05, 3.63) is 29.3 Å². The Morgan fingerprint density at radius 2 is 2.17 bits per heavy atom. The van der Waals surface area contributed by atoms with Gasteiger partial charge in [-0.15, -0.1) is 0 Å². The lowest BCUT2D eigenvalue weighted by Gasteiger charge is -2.56. The zero-order valence-electron chi connectivity index (χ0n) is 15.1. The standard InChI is InChI=1S/C21H30N2O/c1-14-19-20(13-23(19)11-15-3-4-15)10-16-5-6-17(24-2)9-18(16)21(14,12-20)7-8-22/h5-6,9,14-15,19H,3-4,7-8,10-13,22H2,1-2H3/t14-,19?,20?,21?/m0/s1. The Morgan fingerprint density at radius 3 is 2.88 bits per heavy atom. The molecule has 3 heteroatoms. The van der Waals surface area contributed by atoms with Crippen molar-refractivity contribution in [2.75, 3.05) is 26.7 Å². The first-order chi connectivity index (χ1) is 11.6. The topological polar surface area (TPSA) is 38.5 Å². The van der Waals surface area contributed by atoms with Crippen LogP contribution in [-0.2, 0) is 11.8 Å². The van der Waals surface area contributed by atoms with Crippen LogP contribution in [0, 0.1) is 17.3 Å². The Morgan fingerprint density at radius 1 is 1.33 bits per heavy atom. The van der Waals surface area contributed by atoms with Gasteiger partial charge in [-0.25, -0.2) is 0 Å². The zero-order chi connectivity index (χ0) is 16.5. The summed E-state index contributed by atoms with van der Waals surface area (Å²) in [4.78, 5) is 2.82. The normalized spacial score (nSPS) is 40.0. The number of ether oxygens (including phenoxy) is 1. The van der Waals surface area contributed by atoms with E-state index in [1.807, 2.05) is 0 Å². The summed E-state index contributed by atoms with van der Waals surface area (Å²) in [6.45, 7) is 5.95. The van der Waals surface area contributed by atoms with Crippen molar-refractivity contribution >= 4 is 0 Å². The first kappa shape index (κ1) is 15.2. The van der Waals surface area contributed by atoms with E-state index in [9.17, 15) is 0 Å². The minimum Gasteiger partial charge on any atom is -0.497 e. The molecule has 1 aromatic rings. The Labute approximate surface area is 145 Å². The predicted octanol–water partition coefficient (Wildman–Crippen LogP) is 2.96. The predicted molar refractivity (Wildman–Crippen MR) is 96.3 cm³/mol. The molecule has 1 spiro atoms. The van der Waals surface area contributed by atoms with Crippen molar-refractivity contribution in [1.29, 1.82) is 0 Å². The number of methoxy groups -OCH3 is 1. The molecule has 3 nitrogen and oxygen atoms in total. The van der Waals surface area contributed by atoms with Crippen LogP contribution in [0.15, 0.2) is 18.2 Å². The Balaban J connectivity index is 1.57. The molecule has 24 heavy (non-hydrogen) atoms. The van der Waals surface area contributed by atoms with E-state index in [1.54, 1.807) is 18.2 Å². The molecule has 4 atom stereocenters. The molecule has 2 saturated carbocycles. The number of likely N-dealkylation sites (tertiary alicyclic amines) is 1. The summed E-state index contributed by atoms with van der Waals surface area (Å²) in [6.07, 6.45) is 6.62. The number of nitrogens with two attached hydrogens (primary N) is 1. The van der Waals surface area contributed by atoms with E-state index in [2.05, 4.69) is 30.0 Å². The summed E-state index contributed by atoms with van der Waals surface area (Å²) in [5.74, 6) is 2.69. The lowest BCUT2D eigenvalue weighted by molar-refractivity contribution is -0.0692. The number of benzene rings is 1. The fraction of sp³-hybridized carbons (Fsp3) is 0.714. The van der Waals surface area contributed by atoms with E-state index in [0.29, 0.717) is 11.3 Å². The van der Waals surface area contributed by atoms with Crippen LogP contribution in [0.3, 0.4) is 0 Å². The molecule has 1 aromatic carbocycles. The third-order valence-corrected chi connectivity index (χ3v) is 7.73. The van der Waals surface area contributed by atoms with E-state index >= 15 is 0 Å². The molecule has 1 aliphatic heterocycles. The molecule has 3 unspecified atom stereocenters. The van der Waals surface area contributed by atoms with Crippen molar-refractivity contribution in [2.45, 2.75) is 50.5 Å². The van der Waals surface area contributed by atoms with Crippen LogP contribution >= 0.6 is 0 Å². The SMILES string of the molecule is COc1ccc2c(c1)C1(CCN)CC3(C2)CN(CC2CC2)C3[C@@H]1C. The van der Waals surface area contributed by atoms with E-state index in [0.717, 1.165) is 30.7 Å². The molecule has 1 heterocycles. The quantitative estimate of drug-likeness (QED) is 0.904. The highest BCUT2D eigenvalue weighted by Crippen LogP contribution is 2.67. The van der Waals surface area contributed by atoms with Crippen LogP contribution in [0.1, 0.15) is 43.7 Å². The van der Waals surface area contributed by atoms with Crippen molar-refractivity contribution in [1.82, 2.24) is 4.90 Å². The molecule has 4 aliphatic rings. The van der Waals surface area contributed by atoms with Crippen LogP contribution < -0.4 is 10.5 Å². The molecule has 2 N–H and O–H groups in total. The third kappa shape index (κ3) is 1.86. The van der Waals surface area contributed by atoms with Crippen LogP contribution in [0.2, 0.25) is 0 Å². The van der Waals surface area contributed by atoms with Crippen molar-refractivity contribution in [3.8, 4) is 5.75 Å². The monoisotopic (exact) mass is 326 g/mol. The molecule has 1 saturated heterocycles. The summed E-state index contributed by atoms with van der Waals surface area (Å²) in [7, 11) is 1.78. The highest BCUT2D eigenvalue weighted by molar-refractivity contribution is 5.48. The van der Waals surface area contributed by atoms with Gasteiger partial charge in [-0.2, -0.15) is 0 Å². The maximum atomic E-state index is 6.12. The highest BCUT2D eigenvalue weighted by Gasteiger charge is 2.69. The van der Waals surface area contributed by atoms with Gasteiger partial charge in [0.1, 0.15) is 5.75 Å². The second-order valence-electron chi connectivity index (χ2n) is 9.04. The second kappa shape index (κ2) is 4.98. The summed E-state index contributed by atoms with van der Waals surface area (Å²) in [5, 5.41) is 0. The van der Waals surface area contributed by atoms with Crippen molar-refractivity contribution in [2.24, 2.45) is 23.0 Å².